The van der Waals surface area contributed by atoms with Gasteiger partial charge in [0, 0.05) is 12.8 Å². The molecule has 0 radical (unpaired) electrons. The smallest absolute Gasteiger partial charge is 0.306 e. The molecule has 10 heteroatoms. The van der Waals surface area contributed by atoms with Crippen LogP contribution in [0.5, 0.6) is 0 Å². The van der Waals surface area contributed by atoms with E-state index in [1.807, 2.05) is 21.1 Å². The summed E-state index contributed by atoms with van der Waals surface area (Å²) in [6.45, 7) is 3.94. The third-order valence-corrected chi connectivity index (χ3v) is 14.1. The van der Waals surface area contributed by atoms with Gasteiger partial charge < -0.3 is 27.9 Å². The van der Waals surface area contributed by atoms with Crippen molar-refractivity contribution in [1.82, 2.24) is 0 Å². The molecule has 0 saturated carbocycles. The van der Waals surface area contributed by atoms with Gasteiger partial charge in [-0.3, -0.25) is 14.2 Å². The number of allylic oxidation sites excluding steroid dienone is 32. The van der Waals surface area contributed by atoms with Gasteiger partial charge >= 0.3 is 11.9 Å². The van der Waals surface area contributed by atoms with Crippen LogP contribution in [0, 0.1) is 0 Å². The fourth-order valence-electron chi connectivity index (χ4n) is 8.10. The first-order valence-corrected chi connectivity index (χ1v) is 34.6. The van der Waals surface area contributed by atoms with Crippen molar-refractivity contribution in [3.05, 3.63) is 194 Å². The molecule has 482 valence electrons. The fraction of sp³-hybridized carbons (Fsp3) is 0.553. The average Bonchev–Trinajstić information content (AvgIpc) is 3.67. The summed E-state index contributed by atoms with van der Waals surface area (Å²) in [7, 11) is 1.11. The molecule has 9 nitrogen and oxygen atoms in total. The van der Waals surface area contributed by atoms with E-state index in [0.29, 0.717) is 23.9 Å². The minimum Gasteiger partial charge on any atom is -0.756 e. The lowest BCUT2D eigenvalue weighted by Crippen LogP contribution is -2.37. The van der Waals surface area contributed by atoms with Gasteiger partial charge in [-0.2, -0.15) is 0 Å². The molecule has 0 amide bonds. The van der Waals surface area contributed by atoms with Crippen LogP contribution in [0.3, 0.4) is 0 Å². The van der Waals surface area contributed by atoms with Crippen LogP contribution in [0.25, 0.3) is 0 Å². The maximum Gasteiger partial charge on any atom is 0.306 e. The molecule has 0 bridgehead atoms. The van der Waals surface area contributed by atoms with Crippen LogP contribution in [-0.4, -0.2) is 70.0 Å². The van der Waals surface area contributed by atoms with E-state index in [9.17, 15) is 19.0 Å². The van der Waals surface area contributed by atoms with Crippen LogP contribution < -0.4 is 4.89 Å². The van der Waals surface area contributed by atoms with E-state index in [2.05, 4.69) is 208 Å². The van der Waals surface area contributed by atoms with Crippen molar-refractivity contribution >= 4 is 19.8 Å². The van der Waals surface area contributed by atoms with Crippen LogP contribution in [0.15, 0.2) is 194 Å². The highest BCUT2D eigenvalue weighted by Crippen LogP contribution is 2.38. The van der Waals surface area contributed by atoms with Crippen molar-refractivity contribution in [2.45, 2.75) is 225 Å². The fourth-order valence-corrected chi connectivity index (χ4v) is 8.83. The second-order valence-electron chi connectivity index (χ2n) is 22.4. The number of likely N-dealkylation sites (N-methyl/N-ethyl adjacent to an activating group) is 1. The van der Waals surface area contributed by atoms with Crippen molar-refractivity contribution < 1.29 is 42.1 Å². The van der Waals surface area contributed by atoms with Gasteiger partial charge in [0.05, 0.1) is 27.7 Å². The quantitative estimate of drug-likeness (QED) is 0.0195. The summed E-state index contributed by atoms with van der Waals surface area (Å²) in [4.78, 5) is 38.0. The lowest BCUT2D eigenvalue weighted by atomic mass is 10.1. The molecule has 0 heterocycles. The third kappa shape index (κ3) is 68.0. The van der Waals surface area contributed by atoms with Crippen molar-refractivity contribution in [1.29, 1.82) is 0 Å². The highest BCUT2D eigenvalue weighted by Gasteiger charge is 2.22. The summed E-state index contributed by atoms with van der Waals surface area (Å²) < 4.78 is 34.2. The molecule has 2 unspecified atom stereocenters. The van der Waals surface area contributed by atoms with E-state index in [-0.39, 0.29) is 26.1 Å². The van der Waals surface area contributed by atoms with E-state index in [1.54, 1.807) is 0 Å². The third-order valence-electron chi connectivity index (χ3n) is 13.1. The van der Waals surface area contributed by atoms with Crippen LogP contribution in [0.1, 0.15) is 219 Å². The Labute approximate surface area is 526 Å². The number of nitrogens with zero attached hydrogens (tertiary/aromatic N) is 1. The summed E-state index contributed by atoms with van der Waals surface area (Å²) in [5.74, 6) is -0.895. The van der Waals surface area contributed by atoms with Crippen molar-refractivity contribution in [2.24, 2.45) is 0 Å². The van der Waals surface area contributed by atoms with E-state index < -0.39 is 32.5 Å². The molecule has 0 fully saturated rings. The standard InChI is InChI=1S/C76H120NO8P/c1-6-8-10-12-14-16-18-20-22-24-26-28-30-32-33-34-35-36-37-38-39-40-41-42-43-45-47-49-51-53-55-57-59-61-63-65-67-69-76(79)85-74(73-84-86(80,81)83-71-70-77(3,4)5)72-82-75(78)68-66-64-62-60-58-56-54-52-50-48-46-44-31-29-27-25-23-21-19-17-15-13-11-9-7-2/h8-11,14-17,20-23,26-29,32-33,35-36,38-39,41-42,44-47,51,53,57,59,74H,6-7,12-13,18-19,24-25,30-31,34,37,40,43,48-50,52,54-56,58,60-73H2,1-5H3/b10-8-,11-9-,16-14-,17-15-,22-20-,23-21-,28-26-,29-27-,33-32-,36-35-,39-38-,42-41-,46-44-,47-45-,53-51-,59-57-. The molecule has 0 aliphatic rings. The zero-order valence-corrected chi connectivity index (χ0v) is 55.6. The topological polar surface area (TPSA) is 111 Å². The number of rotatable bonds is 58. The molecule has 86 heavy (non-hydrogen) atoms. The zero-order valence-electron chi connectivity index (χ0n) is 54.7. The van der Waals surface area contributed by atoms with Gasteiger partial charge in [-0.05, 0) is 141 Å². The van der Waals surface area contributed by atoms with Gasteiger partial charge in [-0.1, -0.05) is 260 Å². The first-order chi connectivity index (χ1) is 42.0. The van der Waals surface area contributed by atoms with Gasteiger partial charge in [-0.25, -0.2) is 0 Å². The number of esters is 2. The number of quaternary nitrogens is 1. The van der Waals surface area contributed by atoms with E-state index >= 15 is 0 Å². The minimum absolute atomic E-state index is 0.0501. The summed E-state index contributed by atoms with van der Waals surface area (Å²) in [5.41, 5.74) is 0. The van der Waals surface area contributed by atoms with Gasteiger partial charge in [0.15, 0.2) is 6.10 Å². The van der Waals surface area contributed by atoms with E-state index in [0.717, 1.165) is 148 Å². The number of carbonyl (C=O) groups excluding carboxylic acids is 2. The predicted octanol–water partition coefficient (Wildman–Crippen LogP) is 21.1. The molecule has 0 rings (SSSR count). The van der Waals surface area contributed by atoms with Crippen LogP contribution in [0.2, 0.25) is 0 Å². The highest BCUT2D eigenvalue weighted by molar-refractivity contribution is 7.45. The summed E-state index contributed by atoms with van der Waals surface area (Å²) in [6.07, 6.45) is 101. The monoisotopic (exact) mass is 1210 g/mol. The molecular weight excluding hydrogens is 1090 g/mol. The molecular formula is C76H120NO8P. The lowest BCUT2D eigenvalue weighted by Gasteiger charge is -2.28. The number of hydrogen-bond donors (Lipinski definition) is 0. The molecule has 2 atom stereocenters. The maximum absolute atomic E-state index is 12.8. The Hall–Kier alpha value is -5.15. The summed E-state index contributed by atoms with van der Waals surface area (Å²) in [6, 6.07) is 0. The van der Waals surface area contributed by atoms with Gasteiger partial charge in [0.1, 0.15) is 19.8 Å². The SMILES string of the molecule is CC/C=C\C/C=C\C/C=C\C/C=C\C/C=C\C/C=C\C/C=C\C/C=C\C/C=C\C/C=C\C/C=C\CCCCCC(=O)OC(COC(=O)CCCCCCCCCCC/C=C\C/C=C\C/C=C\C/C=C\C/C=C\CC)COP(=O)([O-])OCC[N+](C)(C)C. The molecule has 0 aliphatic heterocycles. The molecule has 0 N–H and O–H groups in total. The molecule has 0 aromatic heterocycles. The largest absolute Gasteiger partial charge is 0.756 e. The second-order valence-corrected chi connectivity index (χ2v) is 23.8. The molecule has 0 aromatic carbocycles. The predicted molar refractivity (Wildman–Crippen MR) is 369 cm³/mol. The first kappa shape index (κ1) is 80.8. The highest BCUT2D eigenvalue weighted by atomic mass is 31.2. The summed E-state index contributed by atoms with van der Waals surface area (Å²) in [5, 5.41) is 0. The molecule has 0 aromatic rings. The van der Waals surface area contributed by atoms with Crippen LogP contribution >= 0.6 is 7.82 Å². The van der Waals surface area contributed by atoms with Gasteiger partial charge in [0.2, 0.25) is 0 Å². The summed E-state index contributed by atoms with van der Waals surface area (Å²) >= 11 is 0. The first-order valence-electron chi connectivity index (χ1n) is 33.1. The Morgan fingerprint density at radius 3 is 0.942 bits per heavy atom. The zero-order chi connectivity index (χ0) is 62.6. The van der Waals surface area contributed by atoms with Crippen molar-refractivity contribution in [2.75, 3.05) is 47.5 Å². The van der Waals surface area contributed by atoms with Crippen molar-refractivity contribution in [3.63, 3.8) is 0 Å². The van der Waals surface area contributed by atoms with Crippen molar-refractivity contribution in [3.8, 4) is 0 Å². The second kappa shape index (κ2) is 64.3. The number of carbonyl (C=O) groups is 2. The Bertz CT molecular complexity index is 2150. The van der Waals surface area contributed by atoms with Gasteiger partial charge in [0.25, 0.3) is 7.82 Å². The van der Waals surface area contributed by atoms with Gasteiger partial charge in [-0.15, -0.1) is 0 Å². The number of phosphoric ester groups is 1. The number of ether oxygens (including phenoxy) is 2. The Morgan fingerprint density at radius 1 is 0.360 bits per heavy atom. The lowest BCUT2D eigenvalue weighted by molar-refractivity contribution is -0.870. The average molecular weight is 1210 g/mol. The Balaban J connectivity index is 4.26. The normalized spacial score (nSPS) is 14.4. The van der Waals surface area contributed by atoms with Crippen LogP contribution in [-0.2, 0) is 32.7 Å². The van der Waals surface area contributed by atoms with E-state index in [4.69, 9.17) is 18.5 Å². The Morgan fingerprint density at radius 2 is 0.628 bits per heavy atom. The number of hydrogen-bond acceptors (Lipinski definition) is 8. The number of unbranched alkanes of at least 4 members (excludes halogenated alkanes) is 12. The molecule has 0 spiro atoms. The minimum atomic E-state index is -4.67. The van der Waals surface area contributed by atoms with Crippen LogP contribution in [0.4, 0.5) is 0 Å². The molecule has 0 saturated heterocycles. The molecule has 0 aliphatic carbocycles. The Kier molecular flexibility index (Phi) is 60.5. The van der Waals surface area contributed by atoms with E-state index in [1.165, 1.54) is 32.1 Å². The maximum atomic E-state index is 12.8. The number of phosphoric acid groups is 1.